The van der Waals surface area contributed by atoms with E-state index in [1.165, 1.54) is 4.68 Å². The Labute approximate surface area is 106 Å². The second-order valence-corrected chi connectivity index (χ2v) is 4.60. The summed E-state index contributed by atoms with van der Waals surface area (Å²) in [7, 11) is 0. The van der Waals surface area contributed by atoms with E-state index in [0.717, 1.165) is 13.0 Å². The van der Waals surface area contributed by atoms with Gasteiger partial charge in [-0.15, -0.1) is 5.10 Å². The van der Waals surface area contributed by atoms with E-state index in [4.69, 9.17) is 0 Å². The molecule has 1 aromatic carbocycles. The van der Waals surface area contributed by atoms with Crippen LogP contribution in [0.15, 0.2) is 29.1 Å². The van der Waals surface area contributed by atoms with E-state index in [0.29, 0.717) is 23.5 Å². The highest BCUT2D eigenvalue weighted by molar-refractivity contribution is 5.76. The van der Waals surface area contributed by atoms with Gasteiger partial charge < -0.3 is 5.32 Å². The first-order valence-electron chi connectivity index (χ1n) is 6.24. The monoisotopic (exact) mass is 246 g/mol. The topological polar surface area (TPSA) is 59.8 Å². The minimum atomic E-state index is -0.0647. The second-order valence-electron chi connectivity index (χ2n) is 4.60. The Bertz CT molecular complexity index is 576. The maximum absolute atomic E-state index is 12.1. The molecule has 1 heterocycles. The van der Waals surface area contributed by atoms with Gasteiger partial charge in [-0.25, -0.2) is 4.68 Å². The molecule has 0 aliphatic carbocycles. The van der Waals surface area contributed by atoms with E-state index >= 15 is 0 Å². The Balaban J connectivity index is 2.10. The Morgan fingerprint density at radius 3 is 2.89 bits per heavy atom. The summed E-state index contributed by atoms with van der Waals surface area (Å²) >= 11 is 0. The zero-order chi connectivity index (χ0) is 13.0. The van der Waals surface area contributed by atoms with Gasteiger partial charge in [0, 0.05) is 12.6 Å². The highest BCUT2D eigenvalue weighted by Gasteiger charge is 2.04. The molecule has 0 saturated carbocycles. The van der Waals surface area contributed by atoms with Crippen LogP contribution in [0.1, 0.15) is 20.3 Å². The Hall–Kier alpha value is -1.75. The Kier molecular flexibility index (Phi) is 4.04. The third-order valence-electron chi connectivity index (χ3n) is 2.73. The van der Waals surface area contributed by atoms with Gasteiger partial charge in [-0.3, -0.25) is 4.79 Å². The van der Waals surface area contributed by atoms with Gasteiger partial charge in [0.15, 0.2) is 0 Å². The first-order valence-corrected chi connectivity index (χ1v) is 6.24. The average Bonchev–Trinajstić information content (AvgIpc) is 2.37. The maximum atomic E-state index is 12.1. The van der Waals surface area contributed by atoms with Crippen molar-refractivity contribution in [3.8, 4) is 0 Å². The number of aryl methyl sites for hydroxylation is 1. The lowest BCUT2D eigenvalue weighted by atomic mass is 10.2. The van der Waals surface area contributed by atoms with Crippen molar-refractivity contribution < 1.29 is 0 Å². The summed E-state index contributed by atoms with van der Waals surface area (Å²) in [5, 5.41) is 11.9. The maximum Gasteiger partial charge on any atom is 0.277 e. The molecule has 0 spiro atoms. The van der Waals surface area contributed by atoms with Gasteiger partial charge in [0.25, 0.3) is 5.56 Å². The fourth-order valence-corrected chi connectivity index (χ4v) is 1.79. The van der Waals surface area contributed by atoms with Crippen LogP contribution in [0.25, 0.3) is 10.9 Å². The lowest BCUT2D eigenvalue weighted by Gasteiger charge is -2.08. The van der Waals surface area contributed by atoms with Gasteiger partial charge in [-0.05, 0) is 25.1 Å². The largest absolute Gasteiger partial charge is 0.314 e. The number of aromatic nitrogens is 3. The number of benzene rings is 1. The molecule has 2 rings (SSSR count). The Morgan fingerprint density at radius 1 is 1.33 bits per heavy atom. The number of fused-ring (bicyclic) bond motifs is 1. The van der Waals surface area contributed by atoms with Crippen LogP contribution in [-0.4, -0.2) is 27.6 Å². The lowest BCUT2D eigenvalue weighted by Crippen LogP contribution is -2.28. The van der Waals surface area contributed by atoms with Crippen molar-refractivity contribution in [2.75, 3.05) is 6.54 Å². The molecule has 96 valence electrons. The molecule has 1 N–H and O–H groups in total. The highest BCUT2D eigenvalue weighted by Crippen LogP contribution is 2.03. The van der Waals surface area contributed by atoms with Crippen molar-refractivity contribution in [2.45, 2.75) is 32.9 Å². The zero-order valence-corrected chi connectivity index (χ0v) is 10.8. The SMILES string of the molecule is CC(C)NCCCn1nnc2ccccc2c1=O. The minimum absolute atomic E-state index is 0.0647. The fraction of sp³-hybridized carbons (Fsp3) is 0.462. The molecule has 0 unspecified atom stereocenters. The van der Waals surface area contributed by atoms with Crippen LogP contribution in [-0.2, 0) is 6.54 Å². The van der Waals surface area contributed by atoms with Crippen molar-refractivity contribution in [3.05, 3.63) is 34.6 Å². The molecule has 0 saturated heterocycles. The molecule has 0 aliphatic heterocycles. The van der Waals surface area contributed by atoms with E-state index in [9.17, 15) is 4.79 Å². The fourth-order valence-electron chi connectivity index (χ4n) is 1.79. The minimum Gasteiger partial charge on any atom is -0.314 e. The summed E-state index contributed by atoms with van der Waals surface area (Å²) in [5.41, 5.74) is 0.587. The van der Waals surface area contributed by atoms with Crippen molar-refractivity contribution >= 4 is 10.9 Å². The standard InChI is InChI=1S/C13H18N4O/c1-10(2)14-8-5-9-17-13(18)11-6-3-4-7-12(11)15-16-17/h3-4,6-7,10,14H,5,8-9H2,1-2H3. The van der Waals surface area contributed by atoms with Gasteiger partial charge in [0.1, 0.15) is 5.52 Å². The van der Waals surface area contributed by atoms with Crippen LogP contribution in [0.2, 0.25) is 0 Å². The molecule has 5 heteroatoms. The Morgan fingerprint density at radius 2 is 2.11 bits per heavy atom. The first kappa shape index (κ1) is 12.7. The molecule has 0 bridgehead atoms. The third kappa shape index (κ3) is 2.92. The smallest absolute Gasteiger partial charge is 0.277 e. The average molecular weight is 246 g/mol. The van der Waals surface area contributed by atoms with Crippen LogP contribution in [0.5, 0.6) is 0 Å². The lowest BCUT2D eigenvalue weighted by molar-refractivity contribution is 0.487. The van der Waals surface area contributed by atoms with Crippen LogP contribution >= 0.6 is 0 Å². The van der Waals surface area contributed by atoms with Crippen molar-refractivity contribution in [3.63, 3.8) is 0 Å². The number of hydrogen-bond acceptors (Lipinski definition) is 4. The van der Waals surface area contributed by atoms with Crippen LogP contribution in [0.4, 0.5) is 0 Å². The predicted octanol–water partition coefficient (Wildman–Crippen LogP) is 1.18. The molecule has 5 nitrogen and oxygen atoms in total. The quantitative estimate of drug-likeness (QED) is 0.805. The van der Waals surface area contributed by atoms with Gasteiger partial charge in [0.2, 0.25) is 0 Å². The van der Waals surface area contributed by atoms with E-state index in [2.05, 4.69) is 29.5 Å². The summed E-state index contributed by atoms with van der Waals surface area (Å²) in [5.74, 6) is 0. The molecular weight excluding hydrogens is 228 g/mol. The van der Waals surface area contributed by atoms with E-state index in [1.807, 2.05) is 12.1 Å². The van der Waals surface area contributed by atoms with Gasteiger partial charge in [-0.1, -0.05) is 31.2 Å². The van der Waals surface area contributed by atoms with E-state index < -0.39 is 0 Å². The molecule has 0 radical (unpaired) electrons. The van der Waals surface area contributed by atoms with Crippen LogP contribution in [0.3, 0.4) is 0 Å². The highest BCUT2D eigenvalue weighted by atomic mass is 16.1. The molecular formula is C13H18N4O. The molecule has 0 fully saturated rings. The second kappa shape index (κ2) is 5.73. The molecule has 0 atom stereocenters. The third-order valence-corrected chi connectivity index (χ3v) is 2.73. The zero-order valence-electron chi connectivity index (χ0n) is 10.8. The number of rotatable bonds is 5. The number of hydrogen-bond donors (Lipinski definition) is 1. The molecule has 2 aromatic rings. The normalized spacial score (nSPS) is 11.3. The molecule has 18 heavy (non-hydrogen) atoms. The van der Waals surface area contributed by atoms with Crippen molar-refractivity contribution in [2.24, 2.45) is 0 Å². The van der Waals surface area contributed by atoms with Crippen LogP contribution in [0, 0.1) is 0 Å². The summed E-state index contributed by atoms with van der Waals surface area (Å²) in [4.78, 5) is 12.1. The van der Waals surface area contributed by atoms with Gasteiger partial charge in [0.05, 0.1) is 5.39 Å². The summed E-state index contributed by atoms with van der Waals surface area (Å²) in [6.45, 7) is 5.67. The predicted molar refractivity (Wildman–Crippen MR) is 71.6 cm³/mol. The summed E-state index contributed by atoms with van der Waals surface area (Å²) in [6, 6.07) is 7.75. The van der Waals surface area contributed by atoms with Crippen molar-refractivity contribution in [1.29, 1.82) is 0 Å². The van der Waals surface area contributed by atoms with Crippen LogP contribution < -0.4 is 10.9 Å². The van der Waals surface area contributed by atoms with Crippen molar-refractivity contribution in [1.82, 2.24) is 20.3 Å². The van der Waals surface area contributed by atoms with Gasteiger partial charge >= 0.3 is 0 Å². The molecule has 1 aromatic heterocycles. The van der Waals surface area contributed by atoms with E-state index in [-0.39, 0.29) is 5.56 Å². The molecule has 0 aliphatic rings. The number of nitrogens with zero attached hydrogens (tertiary/aromatic N) is 3. The van der Waals surface area contributed by atoms with E-state index in [1.54, 1.807) is 12.1 Å². The first-order chi connectivity index (χ1) is 8.68. The number of nitrogens with one attached hydrogen (secondary N) is 1. The van der Waals surface area contributed by atoms with Gasteiger partial charge in [-0.2, -0.15) is 0 Å². The summed E-state index contributed by atoms with van der Waals surface area (Å²) < 4.78 is 1.43. The summed E-state index contributed by atoms with van der Waals surface area (Å²) in [6.07, 6.45) is 0.866. The molecule has 0 amide bonds.